The Hall–Kier alpha value is -2.12. The van der Waals surface area contributed by atoms with Crippen molar-refractivity contribution in [3.8, 4) is 5.69 Å². The Labute approximate surface area is 185 Å². The molecule has 0 radical (unpaired) electrons. The van der Waals surface area contributed by atoms with Crippen LogP contribution in [0.1, 0.15) is 37.6 Å². The maximum absolute atomic E-state index is 13.7. The number of aromatic nitrogens is 2. The summed E-state index contributed by atoms with van der Waals surface area (Å²) in [5.41, 5.74) is 1.96. The molecule has 1 aromatic carbocycles. The second-order valence-electron chi connectivity index (χ2n) is 7.76. The fourth-order valence-electron chi connectivity index (χ4n) is 4.07. The maximum Gasteiger partial charge on any atom is 0.267 e. The van der Waals surface area contributed by atoms with Gasteiger partial charge in [0.05, 0.1) is 16.8 Å². The van der Waals surface area contributed by atoms with E-state index >= 15 is 0 Å². The Morgan fingerprint density at radius 2 is 2.00 bits per heavy atom. The van der Waals surface area contributed by atoms with Gasteiger partial charge >= 0.3 is 0 Å². The summed E-state index contributed by atoms with van der Waals surface area (Å²) in [6, 6.07) is 9.63. The first-order valence-electron chi connectivity index (χ1n) is 10.6. The molecule has 30 heavy (non-hydrogen) atoms. The van der Waals surface area contributed by atoms with Crippen molar-refractivity contribution < 1.29 is 4.79 Å². The van der Waals surface area contributed by atoms with Crippen LogP contribution in [0.15, 0.2) is 40.3 Å². The van der Waals surface area contributed by atoms with Crippen molar-refractivity contribution in [1.82, 2.24) is 14.5 Å². The molecule has 3 aromatic rings. The molecule has 5 nitrogen and oxygen atoms in total. The van der Waals surface area contributed by atoms with Gasteiger partial charge in [0.2, 0.25) is 5.91 Å². The van der Waals surface area contributed by atoms with Crippen molar-refractivity contribution in [2.24, 2.45) is 5.92 Å². The number of amides is 1. The van der Waals surface area contributed by atoms with Crippen molar-refractivity contribution in [2.75, 3.05) is 18.8 Å². The second-order valence-corrected chi connectivity index (χ2v) is 9.78. The van der Waals surface area contributed by atoms with Gasteiger partial charge in [-0.3, -0.25) is 14.2 Å². The van der Waals surface area contributed by atoms with E-state index in [0.29, 0.717) is 24.2 Å². The van der Waals surface area contributed by atoms with Gasteiger partial charge in [0, 0.05) is 18.0 Å². The lowest BCUT2D eigenvalue weighted by Crippen LogP contribution is -2.32. The van der Waals surface area contributed by atoms with Crippen LogP contribution in [0.2, 0.25) is 0 Å². The minimum absolute atomic E-state index is 0.0176. The third kappa shape index (κ3) is 3.93. The van der Waals surface area contributed by atoms with Gasteiger partial charge in [0.1, 0.15) is 4.83 Å². The Morgan fingerprint density at radius 3 is 2.70 bits per heavy atom. The Morgan fingerprint density at radius 1 is 1.27 bits per heavy atom. The van der Waals surface area contributed by atoms with Crippen LogP contribution in [0, 0.1) is 5.92 Å². The SMILES string of the molecule is CCN(CC)C(=O)CSc1nc2sc3c(c2c(=O)n1-c1ccccc1)CC[C@@H](C)C3. The summed E-state index contributed by atoms with van der Waals surface area (Å²) < 4.78 is 1.69. The Kier molecular flexibility index (Phi) is 6.29. The number of carbonyl (C=O) groups is 1. The molecule has 7 heteroatoms. The summed E-state index contributed by atoms with van der Waals surface area (Å²) in [5, 5.41) is 1.36. The van der Waals surface area contributed by atoms with Crippen LogP contribution >= 0.6 is 23.1 Å². The zero-order valence-electron chi connectivity index (χ0n) is 17.7. The number of hydrogen-bond acceptors (Lipinski definition) is 5. The largest absolute Gasteiger partial charge is 0.343 e. The molecule has 1 aliphatic rings. The minimum atomic E-state index is -0.0176. The van der Waals surface area contributed by atoms with E-state index in [-0.39, 0.29) is 17.2 Å². The van der Waals surface area contributed by atoms with Gasteiger partial charge in [0.15, 0.2) is 5.16 Å². The molecule has 158 valence electrons. The van der Waals surface area contributed by atoms with E-state index in [4.69, 9.17) is 4.98 Å². The predicted octanol–water partition coefficient (Wildman–Crippen LogP) is 4.53. The predicted molar refractivity (Wildman–Crippen MR) is 125 cm³/mol. The number of carbonyl (C=O) groups excluding carboxylic acids is 1. The summed E-state index contributed by atoms with van der Waals surface area (Å²) in [7, 11) is 0. The monoisotopic (exact) mass is 441 g/mol. The van der Waals surface area contributed by atoms with Gasteiger partial charge in [-0.15, -0.1) is 11.3 Å². The Bertz CT molecular complexity index is 1120. The summed E-state index contributed by atoms with van der Waals surface area (Å²) in [6.45, 7) is 7.59. The highest BCUT2D eigenvalue weighted by Gasteiger charge is 2.25. The molecule has 1 atom stereocenters. The van der Waals surface area contributed by atoms with E-state index < -0.39 is 0 Å². The van der Waals surface area contributed by atoms with Crippen LogP contribution < -0.4 is 5.56 Å². The van der Waals surface area contributed by atoms with Gasteiger partial charge in [-0.2, -0.15) is 0 Å². The molecule has 4 rings (SSSR count). The topological polar surface area (TPSA) is 55.2 Å². The van der Waals surface area contributed by atoms with Crippen LogP contribution in [0.25, 0.3) is 15.9 Å². The number of rotatable bonds is 6. The molecule has 0 aliphatic heterocycles. The van der Waals surface area contributed by atoms with Gasteiger partial charge in [-0.05, 0) is 56.7 Å². The zero-order valence-corrected chi connectivity index (χ0v) is 19.3. The molecule has 0 unspecified atom stereocenters. The van der Waals surface area contributed by atoms with Gasteiger partial charge in [0.25, 0.3) is 5.56 Å². The number of benzene rings is 1. The molecule has 2 heterocycles. The first kappa shape index (κ1) is 21.1. The number of hydrogen-bond donors (Lipinski definition) is 0. The summed E-state index contributed by atoms with van der Waals surface area (Å²) >= 11 is 3.00. The molecule has 0 saturated carbocycles. The summed E-state index contributed by atoms with van der Waals surface area (Å²) in [4.78, 5) is 35.1. The molecule has 0 fully saturated rings. The summed E-state index contributed by atoms with van der Waals surface area (Å²) in [5.74, 6) is 0.981. The highest BCUT2D eigenvalue weighted by atomic mass is 32.2. The minimum Gasteiger partial charge on any atom is -0.343 e. The average molecular weight is 442 g/mol. The fraction of sp³-hybridized carbons (Fsp3) is 0.435. The molecule has 1 aliphatic carbocycles. The molecule has 0 saturated heterocycles. The molecular formula is C23H27N3O2S2. The van der Waals surface area contributed by atoms with Gasteiger partial charge in [-0.25, -0.2) is 4.98 Å². The standard InChI is InChI=1S/C23H27N3O2S2/c1-4-25(5-2)19(27)14-29-23-24-21-20(17-12-11-15(3)13-18(17)30-21)22(28)26(23)16-9-7-6-8-10-16/h6-10,15H,4-5,11-14H2,1-3H3/t15-/m1/s1. The van der Waals surface area contributed by atoms with E-state index in [1.807, 2.05) is 49.1 Å². The molecule has 0 spiro atoms. The first-order valence-corrected chi connectivity index (χ1v) is 12.4. The molecular weight excluding hydrogens is 414 g/mol. The number of thiophene rings is 1. The van der Waals surface area contributed by atoms with Crippen LogP contribution in [0.5, 0.6) is 0 Å². The van der Waals surface area contributed by atoms with Crippen molar-refractivity contribution in [2.45, 2.75) is 45.2 Å². The molecule has 2 aromatic heterocycles. The number of fused-ring (bicyclic) bond motifs is 3. The lowest BCUT2D eigenvalue weighted by Gasteiger charge is -2.19. The van der Waals surface area contributed by atoms with E-state index in [2.05, 4.69) is 6.92 Å². The van der Waals surface area contributed by atoms with Crippen molar-refractivity contribution in [3.05, 3.63) is 51.1 Å². The highest BCUT2D eigenvalue weighted by molar-refractivity contribution is 7.99. The zero-order chi connectivity index (χ0) is 21.3. The average Bonchev–Trinajstić information content (AvgIpc) is 3.11. The number of thioether (sulfide) groups is 1. The summed E-state index contributed by atoms with van der Waals surface area (Å²) in [6.07, 6.45) is 3.07. The molecule has 1 amide bonds. The van der Waals surface area contributed by atoms with Crippen molar-refractivity contribution in [3.63, 3.8) is 0 Å². The van der Waals surface area contributed by atoms with Crippen molar-refractivity contribution >= 4 is 39.2 Å². The van der Waals surface area contributed by atoms with E-state index in [1.54, 1.807) is 15.9 Å². The fourth-order valence-corrected chi connectivity index (χ4v) is 6.41. The van der Waals surface area contributed by atoms with Crippen LogP contribution in [-0.2, 0) is 17.6 Å². The van der Waals surface area contributed by atoms with Crippen LogP contribution in [0.4, 0.5) is 0 Å². The normalized spacial score (nSPS) is 15.9. The number of nitrogens with zero attached hydrogens (tertiary/aromatic N) is 3. The smallest absolute Gasteiger partial charge is 0.267 e. The Balaban J connectivity index is 1.82. The van der Waals surface area contributed by atoms with Gasteiger partial charge in [-0.1, -0.05) is 36.9 Å². The lowest BCUT2D eigenvalue weighted by molar-refractivity contribution is -0.127. The third-order valence-electron chi connectivity index (χ3n) is 5.75. The first-order chi connectivity index (χ1) is 14.5. The third-order valence-corrected chi connectivity index (χ3v) is 7.83. The quantitative estimate of drug-likeness (QED) is 0.416. The van der Waals surface area contributed by atoms with E-state index in [1.165, 1.54) is 22.2 Å². The number of para-hydroxylation sites is 1. The molecule has 0 bridgehead atoms. The van der Waals surface area contributed by atoms with E-state index in [0.717, 1.165) is 35.2 Å². The lowest BCUT2D eigenvalue weighted by atomic mass is 9.89. The van der Waals surface area contributed by atoms with Gasteiger partial charge < -0.3 is 4.90 Å². The van der Waals surface area contributed by atoms with Crippen LogP contribution in [-0.4, -0.2) is 39.2 Å². The van der Waals surface area contributed by atoms with Crippen LogP contribution in [0.3, 0.4) is 0 Å². The molecule has 0 N–H and O–H groups in total. The maximum atomic E-state index is 13.7. The number of aryl methyl sites for hydroxylation is 1. The highest BCUT2D eigenvalue weighted by Crippen LogP contribution is 2.37. The van der Waals surface area contributed by atoms with E-state index in [9.17, 15) is 9.59 Å². The second kappa shape index (κ2) is 8.94. The van der Waals surface area contributed by atoms with Crippen molar-refractivity contribution in [1.29, 1.82) is 0 Å².